The highest BCUT2D eigenvalue weighted by molar-refractivity contribution is 6.00. The van der Waals surface area contributed by atoms with Gasteiger partial charge in [0.1, 0.15) is 23.4 Å². The van der Waals surface area contributed by atoms with Gasteiger partial charge in [-0.15, -0.1) is 0 Å². The van der Waals surface area contributed by atoms with Crippen molar-refractivity contribution in [3.63, 3.8) is 0 Å². The second-order valence-corrected chi connectivity index (χ2v) is 10.1. The number of nitrogens with zero attached hydrogens (tertiary/aromatic N) is 4. The Balaban J connectivity index is 1.23. The third kappa shape index (κ3) is 4.31. The summed E-state index contributed by atoms with van der Waals surface area (Å²) in [6, 6.07) is 12.7. The number of H-pyrrole nitrogens is 2. The van der Waals surface area contributed by atoms with Crippen LogP contribution >= 0.6 is 0 Å². The van der Waals surface area contributed by atoms with E-state index in [1.54, 1.807) is 0 Å². The molecule has 2 aliphatic rings. The number of hydrogen-bond donors (Lipinski definition) is 3. The zero-order valence-electron chi connectivity index (χ0n) is 20.8. The van der Waals surface area contributed by atoms with Crippen molar-refractivity contribution < 1.29 is 4.74 Å². The average Bonchev–Trinajstić information content (AvgIpc) is 3.58. The van der Waals surface area contributed by atoms with Gasteiger partial charge >= 0.3 is 0 Å². The predicted octanol–water partition coefficient (Wildman–Crippen LogP) is 5.29. The number of fused-ring (bicyclic) bond motifs is 2. The number of ether oxygens (including phenoxy) is 1. The van der Waals surface area contributed by atoms with Crippen LogP contribution in [0.2, 0.25) is 0 Å². The number of nitrogens with one attached hydrogen (secondary N) is 3. The molecule has 1 aromatic carbocycles. The molecule has 4 aromatic heterocycles. The van der Waals surface area contributed by atoms with Crippen molar-refractivity contribution in [2.24, 2.45) is 0 Å². The normalized spacial score (nSPS) is 17.0. The van der Waals surface area contributed by atoms with Crippen LogP contribution in [-0.4, -0.2) is 57.4 Å². The first kappa shape index (κ1) is 22.3. The van der Waals surface area contributed by atoms with Crippen LogP contribution in [0.4, 0.5) is 5.82 Å². The zero-order valence-corrected chi connectivity index (χ0v) is 20.8. The molecular weight excluding hydrogens is 462 g/mol. The molecular formula is C29H31N7O. The summed E-state index contributed by atoms with van der Waals surface area (Å²) in [4.78, 5) is 15.2. The third-order valence-corrected chi connectivity index (χ3v) is 7.64. The smallest absolute Gasteiger partial charge is 0.138 e. The molecule has 2 aliphatic heterocycles. The van der Waals surface area contributed by atoms with Gasteiger partial charge in [-0.1, -0.05) is 6.07 Å². The molecule has 0 aliphatic carbocycles. The van der Waals surface area contributed by atoms with E-state index < -0.39 is 0 Å². The van der Waals surface area contributed by atoms with Crippen molar-refractivity contribution in [3.8, 4) is 28.3 Å². The molecule has 0 spiro atoms. The predicted molar refractivity (Wildman–Crippen MR) is 147 cm³/mol. The van der Waals surface area contributed by atoms with E-state index in [-0.39, 0.29) is 6.10 Å². The van der Waals surface area contributed by atoms with Gasteiger partial charge in [0.05, 0.1) is 22.9 Å². The average molecular weight is 494 g/mol. The number of benzene rings is 1. The van der Waals surface area contributed by atoms with E-state index in [4.69, 9.17) is 14.8 Å². The maximum absolute atomic E-state index is 6.24. The molecule has 3 N–H and O–H groups in total. The molecule has 2 saturated heterocycles. The topological polar surface area (TPSA) is 94.8 Å². The minimum absolute atomic E-state index is 0.243. The van der Waals surface area contributed by atoms with E-state index in [0.29, 0.717) is 0 Å². The molecule has 188 valence electrons. The fourth-order valence-corrected chi connectivity index (χ4v) is 5.67. The van der Waals surface area contributed by atoms with Crippen molar-refractivity contribution in [2.75, 3.05) is 31.1 Å². The SMILES string of the molecule is c1cc2[nH]c(-c3n[nH]c4ccc(-c5cncc(OC6CCNCC6)c5)cc34)cc2c(N2CCCCC2)n1. The van der Waals surface area contributed by atoms with E-state index in [9.17, 15) is 0 Å². The fraction of sp³-hybridized carbons (Fsp3) is 0.345. The lowest BCUT2D eigenvalue weighted by Gasteiger charge is -2.28. The van der Waals surface area contributed by atoms with E-state index in [1.165, 1.54) is 19.3 Å². The van der Waals surface area contributed by atoms with Crippen LogP contribution in [0.3, 0.4) is 0 Å². The standard InChI is InChI=1S/C29H31N7O/c1-2-12-36(13-3-1)29-24-16-27(33-25(24)8-11-32-29)28-23-15-19(4-5-26(23)34-35-28)20-14-22(18-31-17-20)37-21-6-9-30-10-7-21/h4-5,8,11,14-18,21,30,33H,1-3,6-7,9-10,12-13H2,(H,34,35). The van der Waals surface area contributed by atoms with Crippen LogP contribution in [0.5, 0.6) is 5.75 Å². The summed E-state index contributed by atoms with van der Waals surface area (Å²) in [6.45, 7) is 4.13. The minimum atomic E-state index is 0.243. The molecule has 37 heavy (non-hydrogen) atoms. The Labute approximate surface area is 215 Å². The molecule has 0 amide bonds. The van der Waals surface area contributed by atoms with Crippen molar-refractivity contribution in [2.45, 2.75) is 38.2 Å². The lowest BCUT2D eigenvalue weighted by atomic mass is 10.0. The summed E-state index contributed by atoms with van der Waals surface area (Å²) < 4.78 is 6.24. The number of rotatable bonds is 5. The maximum Gasteiger partial charge on any atom is 0.138 e. The van der Waals surface area contributed by atoms with Crippen molar-refractivity contribution >= 4 is 27.6 Å². The monoisotopic (exact) mass is 493 g/mol. The number of piperidine rings is 2. The van der Waals surface area contributed by atoms with Crippen LogP contribution in [0.25, 0.3) is 44.3 Å². The number of pyridine rings is 2. The minimum Gasteiger partial charge on any atom is -0.489 e. The lowest BCUT2D eigenvalue weighted by Crippen LogP contribution is -2.34. The summed E-state index contributed by atoms with van der Waals surface area (Å²) >= 11 is 0. The Hall–Kier alpha value is -3.91. The first-order chi connectivity index (χ1) is 18.3. The molecule has 5 aromatic rings. The van der Waals surface area contributed by atoms with Gasteiger partial charge in [0.15, 0.2) is 0 Å². The van der Waals surface area contributed by atoms with E-state index in [2.05, 4.69) is 55.6 Å². The quantitative estimate of drug-likeness (QED) is 0.308. The Morgan fingerprint density at radius 3 is 2.65 bits per heavy atom. The lowest BCUT2D eigenvalue weighted by molar-refractivity contribution is 0.162. The number of aromatic nitrogens is 5. The van der Waals surface area contributed by atoms with Gasteiger partial charge in [0.25, 0.3) is 0 Å². The van der Waals surface area contributed by atoms with Crippen LogP contribution in [-0.2, 0) is 0 Å². The maximum atomic E-state index is 6.24. The molecule has 8 nitrogen and oxygen atoms in total. The second-order valence-electron chi connectivity index (χ2n) is 10.1. The second kappa shape index (κ2) is 9.52. The van der Waals surface area contributed by atoms with E-state index >= 15 is 0 Å². The van der Waals surface area contributed by atoms with Crippen LogP contribution in [0.15, 0.2) is 55.0 Å². The number of anilines is 1. The van der Waals surface area contributed by atoms with Gasteiger partial charge in [-0.3, -0.25) is 10.1 Å². The Bertz CT molecular complexity index is 1540. The largest absolute Gasteiger partial charge is 0.489 e. The zero-order chi connectivity index (χ0) is 24.6. The Morgan fingerprint density at radius 2 is 1.76 bits per heavy atom. The van der Waals surface area contributed by atoms with Crippen molar-refractivity contribution in [3.05, 3.63) is 55.0 Å². The molecule has 0 bridgehead atoms. The molecule has 6 heterocycles. The van der Waals surface area contributed by atoms with E-state index in [1.807, 2.05) is 24.7 Å². The Morgan fingerprint density at radius 1 is 0.865 bits per heavy atom. The Kier molecular flexibility index (Phi) is 5.74. The highest BCUT2D eigenvalue weighted by atomic mass is 16.5. The molecule has 0 atom stereocenters. The summed E-state index contributed by atoms with van der Waals surface area (Å²) in [5.41, 5.74) is 6.11. The summed E-state index contributed by atoms with van der Waals surface area (Å²) in [5, 5.41) is 13.5. The number of hydrogen-bond acceptors (Lipinski definition) is 6. The number of aromatic amines is 2. The molecule has 7 rings (SSSR count). The van der Waals surface area contributed by atoms with Gasteiger partial charge in [-0.05, 0) is 81.1 Å². The molecule has 0 radical (unpaired) electrons. The summed E-state index contributed by atoms with van der Waals surface area (Å²) in [6.07, 6.45) is 11.6. The van der Waals surface area contributed by atoms with Crippen molar-refractivity contribution in [1.29, 1.82) is 0 Å². The highest BCUT2D eigenvalue weighted by Crippen LogP contribution is 2.35. The third-order valence-electron chi connectivity index (χ3n) is 7.64. The van der Waals surface area contributed by atoms with Gasteiger partial charge in [0, 0.05) is 41.8 Å². The van der Waals surface area contributed by atoms with Gasteiger partial charge in [0.2, 0.25) is 0 Å². The fourth-order valence-electron chi connectivity index (χ4n) is 5.67. The van der Waals surface area contributed by atoms with Gasteiger partial charge < -0.3 is 19.9 Å². The first-order valence-electron chi connectivity index (χ1n) is 13.4. The van der Waals surface area contributed by atoms with Crippen LogP contribution in [0.1, 0.15) is 32.1 Å². The molecule has 2 fully saturated rings. The summed E-state index contributed by atoms with van der Waals surface area (Å²) in [5.74, 6) is 1.89. The van der Waals surface area contributed by atoms with Gasteiger partial charge in [-0.25, -0.2) is 4.98 Å². The van der Waals surface area contributed by atoms with Crippen molar-refractivity contribution in [1.82, 2.24) is 30.5 Å². The highest BCUT2D eigenvalue weighted by Gasteiger charge is 2.19. The van der Waals surface area contributed by atoms with Crippen LogP contribution < -0.4 is 15.0 Å². The summed E-state index contributed by atoms with van der Waals surface area (Å²) in [7, 11) is 0. The molecule has 8 heteroatoms. The van der Waals surface area contributed by atoms with E-state index in [0.717, 1.165) is 94.9 Å². The molecule has 0 unspecified atom stereocenters. The van der Waals surface area contributed by atoms with Crippen LogP contribution in [0, 0.1) is 0 Å². The van der Waals surface area contributed by atoms with Gasteiger partial charge in [-0.2, -0.15) is 5.10 Å². The first-order valence-corrected chi connectivity index (χ1v) is 13.4. The molecule has 0 saturated carbocycles.